The van der Waals surface area contributed by atoms with E-state index < -0.39 is 0 Å². The van der Waals surface area contributed by atoms with E-state index in [9.17, 15) is 10.2 Å². The largest absolute Gasteiger partial charge is 0.392 e. The van der Waals surface area contributed by atoms with Crippen molar-refractivity contribution >= 4 is 0 Å². The van der Waals surface area contributed by atoms with Crippen LogP contribution in [0.1, 0.15) is 51.4 Å². The Hall–Kier alpha value is -0.0800. The van der Waals surface area contributed by atoms with Gasteiger partial charge in [-0.15, -0.1) is 0 Å². The van der Waals surface area contributed by atoms with E-state index in [1.54, 1.807) is 0 Å². The summed E-state index contributed by atoms with van der Waals surface area (Å²) in [4.78, 5) is 0. The monoisotopic (exact) mass is 184 g/mol. The molecule has 13 heavy (non-hydrogen) atoms. The van der Waals surface area contributed by atoms with Crippen LogP contribution in [0.5, 0.6) is 0 Å². The first-order valence-corrected chi connectivity index (χ1v) is 5.62. The van der Waals surface area contributed by atoms with Gasteiger partial charge in [0.05, 0.1) is 12.2 Å². The van der Waals surface area contributed by atoms with Crippen LogP contribution in [0, 0.1) is 5.41 Å². The molecule has 2 rings (SSSR count). The summed E-state index contributed by atoms with van der Waals surface area (Å²) in [5.41, 5.74) is -0.115. The van der Waals surface area contributed by atoms with E-state index in [2.05, 4.69) is 0 Å². The number of aliphatic hydroxyl groups excluding tert-OH is 2. The zero-order valence-corrected chi connectivity index (χ0v) is 8.21. The lowest BCUT2D eigenvalue weighted by molar-refractivity contribution is -0.0552. The molecule has 2 fully saturated rings. The second-order valence-corrected chi connectivity index (χ2v) is 4.76. The zero-order valence-electron chi connectivity index (χ0n) is 8.21. The molecule has 3 atom stereocenters. The Bertz CT molecular complexity index is 181. The summed E-state index contributed by atoms with van der Waals surface area (Å²) < 4.78 is 0. The Morgan fingerprint density at radius 3 is 2.08 bits per heavy atom. The lowest BCUT2D eigenvalue weighted by Gasteiger charge is -2.36. The lowest BCUT2D eigenvalue weighted by atomic mass is 9.75. The van der Waals surface area contributed by atoms with Crippen LogP contribution in [0.3, 0.4) is 0 Å². The van der Waals surface area contributed by atoms with Crippen LogP contribution in [0.25, 0.3) is 0 Å². The molecular weight excluding hydrogens is 164 g/mol. The summed E-state index contributed by atoms with van der Waals surface area (Å²) in [5, 5.41) is 20.0. The van der Waals surface area contributed by atoms with Gasteiger partial charge in [0, 0.05) is 5.41 Å². The van der Waals surface area contributed by atoms with Crippen LogP contribution in [0.2, 0.25) is 0 Å². The molecule has 2 aliphatic rings. The van der Waals surface area contributed by atoms with Crippen molar-refractivity contribution in [3.63, 3.8) is 0 Å². The second kappa shape index (κ2) is 3.58. The molecule has 0 aliphatic heterocycles. The highest BCUT2D eigenvalue weighted by molar-refractivity contribution is 4.98. The van der Waals surface area contributed by atoms with Crippen LogP contribution < -0.4 is 0 Å². The third-order valence-electron chi connectivity index (χ3n) is 4.07. The molecule has 2 nitrogen and oxygen atoms in total. The summed E-state index contributed by atoms with van der Waals surface area (Å²) in [7, 11) is 0. The van der Waals surface area contributed by atoms with E-state index in [0.717, 1.165) is 38.5 Å². The van der Waals surface area contributed by atoms with Crippen LogP contribution >= 0.6 is 0 Å². The minimum absolute atomic E-state index is 0.115. The quantitative estimate of drug-likeness (QED) is 0.603. The zero-order chi connectivity index (χ0) is 9.31. The number of aliphatic hydroxyl groups is 2. The summed E-state index contributed by atoms with van der Waals surface area (Å²) in [6.07, 6.45) is 8.04. The highest BCUT2D eigenvalue weighted by Crippen LogP contribution is 2.48. The van der Waals surface area contributed by atoms with Gasteiger partial charge < -0.3 is 10.2 Å². The van der Waals surface area contributed by atoms with Gasteiger partial charge in [0.25, 0.3) is 0 Å². The van der Waals surface area contributed by atoms with Crippen molar-refractivity contribution in [2.24, 2.45) is 5.41 Å². The Labute approximate surface area is 80.0 Å². The second-order valence-electron chi connectivity index (χ2n) is 4.76. The van der Waals surface area contributed by atoms with Crippen LogP contribution in [0.15, 0.2) is 0 Å². The van der Waals surface area contributed by atoms with E-state index in [1.807, 2.05) is 0 Å². The Kier molecular flexibility index (Phi) is 2.61. The molecule has 2 heteroatoms. The average molecular weight is 184 g/mol. The standard InChI is InChI=1S/C11H20O2/c12-9-5-2-1-3-7-11(9)8-4-6-10(11)13/h9-10,12-13H,1-8H2/t9-,10-,11+/m0/s1. The minimum Gasteiger partial charge on any atom is -0.392 e. The Morgan fingerprint density at radius 1 is 0.769 bits per heavy atom. The van der Waals surface area contributed by atoms with Crippen LogP contribution in [-0.2, 0) is 0 Å². The van der Waals surface area contributed by atoms with Gasteiger partial charge in [-0.2, -0.15) is 0 Å². The van der Waals surface area contributed by atoms with Crippen molar-refractivity contribution in [2.45, 2.75) is 63.6 Å². The molecule has 0 radical (unpaired) electrons. The maximum absolute atomic E-state index is 10.0. The maximum atomic E-state index is 10.0. The SMILES string of the molecule is O[C@H]1CCCCC[C@@]12CCC[C@@H]2O. The van der Waals surface area contributed by atoms with Gasteiger partial charge in [0.2, 0.25) is 0 Å². The summed E-state index contributed by atoms with van der Waals surface area (Å²) >= 11 is 0. The number of hydrogen-bond acceptors (Lipinski definition) is 2. The summed E-state index contributed by atoms with van der Waals surface area (Å²) in [6.45, 7) is 0. The molecule has 0 heterocycles. The third kappa shape index (κ3) is 1.50. The molecule has 0 aromatic rings. The van der Waals surface area contributed by atoms with Gasteiger partial charge in [-0.05, 0) is 25.7 Å². The van der Waals surface area contributed by atoms with Gasteiger partial charge >= 0.3 is 0 Å². The molecule has 0 saturated heterocycles. The molecule has 0 amide bonds. The fourth-order valence-electron chi connectivity index (χ4n) is 3.18. The summed E-state index contributed by atoms with van der Waals surface area (Å²) in [6, 6.07) is 0. The average Bonchev–Trinajstić information content (AvgIpc) is 2.36. The van der Waals surface area contributed by atoms with E-state index in [-0.39, 0.29) is 17.6 Å². The van der Waals surface area contributed by atoms with E-state index in [0.29, 0.717) is 0 Å². The van der Waals surface area contributed by atoms with Crippen LogP contribution in [0.4, 0.5) is 0 Å². The van der Waals surface area contributed by atoms with Crippen molar-refractivity contribution in [1.82, 2.24) is 0 Å². The lowest BCUT2D eigenvalue weighted by Crippen LogP contribution is -2.40. The van der Waals surface area contributed by atoms with Crippen molar-refractivity contribution in [3.05, 3.63) is 0 Å². The minimum atomic E-state index is -0.243. The fraction of sp³-hybridized carbons (Fsp3) is 1.00. The molecular formula is C11H20O2. The van der Waals surface area contributed by atoms with E-state index >= 15 is 0 Å². The Balaban J connectivity index is 2.16. The van der Waals surface area contributed by atoms with Crippen molar-refractivity contribution in [2.75, 3.05) is 0 Å². The van der Waals surface area contributed by atoms with Gasteiger partial charge in [0.1, 0.15) is 0 Å². The van der Waals surface area contributed by atoms with E-state index in [1.165, 1.54) is 12.8 Å². The molecule has 0 bridgehead atoms. The normalized spacial score (nSPS) is 46.6. The Morgan fingerprint density at radius 2 is 1.38 bits per heavy atom. The highest BCUT2D eigenvalue weighted by atomic mass is 16.3. The molecule has 0 aromatic carbocycles. The van der Waals surface area contributed by atoms with Gasteiger partial charge in [-0.1, -0.05) is 25.7 Å². The van der Waals surface area contributed by atoms with Crippen molar-refractivity contribution in [1.29, 1.82) is 0 Å². The van der Waals surface area contributed by atoms with Crippen molar-refractivity contribution in [3.8, 4) is 0 Å². The molecule has 1 spiro atoms. The molecule has 76 valence electrons. The van der Waals surface area contributed by atoms with Crippen LogP contribution in [-0.4, -0.2) is 22.4 Å². The van der Waals surface area contributed by atoms with Gasteiger partial charge in [-0.3, -0.25) is 0 Å². The number of rotatable bonds is 0. The first kappa shape index (κ1) is 9.47. The predicted molar refractivity (Wildman–Crippen MR) is 51.4 cm³/mol. The molecule has 2 N–H and O–H groups in total. The number of hydrogen-bond donors (Lipinski definition) is 2. The first-order chi connectivity index (χ1) is 6.26. The highest BCUT2D eigenvalue weighted by Gasteiger charge is 2.47. The topological polar surface area (TPSA) is 40.5 Å². The molecule has 0 unspecified atom stereocenters. The molecule has 2 aliphatic carbocycles. The predicted octanol–water partition coefficient (Wildman–Crippen LogP) is 1.84. The van der Waals surface area contributed by atoms with Crippen molar-refractivity contribution < 1.29 is 10.2 Å². The van der Waals surface area contributed by atoms with Gasteiger partial charge in [-0.25, -0.2) is 0 Å². The van der Waals surface area contributed by atoms with E-state index in [4.69, 9.17) is 0 Å². The maximum Gasteiger partial charge on any atom is 0.0621 e. The molecule has 0 aromatic heterocycles. The first-order valence-electron chi connectivity index (χ1n) is 5.62. The smallest absolute Gasteiger partial charge is 0.0621 e. The molecule has 2 saturated carbocycles. The van der Waals surface area contributed by atoms with Gasteiger partial charge in [0.15, 0.2) is 0 Å². The summed E-state index contributed by atoms with van der Waals surface area (Å²) in [5.74, 6) is 0. The fourth-order valence-corrected chi connectivity index (χ4v) is 3.18. The third-order valence-corrected chi connectivity index (χ3v) is 4.07.